The Morgan fingerprint density at radius 3 is 2.76 bits per heavy atom. The second-order valence-corrected chi connectivity index (χ2v) is 6.21. The van der Waals surface area contributed by atoms with Crippen molar-refractivity contribution in [1.82, 2.24) is 10.4 Å². The molecule has 0 saturated carbocycles. The standard InChI is InChI=1S/C19H21ClN2O3/c1-13-5-4-6-15(9-13)12-25-21-14(2)16-7-8-18(20)17(10-16)11-22(3)19(23)24/h4-10,21H,2,11-12H2,1,3H3,(H,23,24). The Morgan fingerprint density at radius 1 is 1.32 bits per heavy atom. The predicted molar refractivity (Wildman–Crippen MR) is 99.1 cm³/mol. The molecule has 0 aromatic heterocycles. The first-order valence-corrected chi connectivity index (χ1v) is 8.09. The van der Waals surface area contributed by atoms with Crippen molar-refractivity contribution in [3.8, 4) is 0 Å². The average Bonchev–Trinajstić information content (AvgIpc) is 2.56. The summed E-state index contributed by atoms with van der Waals surface area (Å²) in [6.45, 7) is 6.58. The Bertz CT molecular complexity index is 777. The molecule has 2 N–H and O–H groups in total. The minimum Gasteiger partial charge on any atom is -0.465 e. The quantitative estimate of drug-likeness (QED) is 0.716. The third kappa shape index (κ3) is 5.52. The van der Waals surface area contributed by atoms with Crippen molar-refractivity contribution in [3.05, 3.63) is 76.3 Å². The lowest BCUT2D eigenvalue weighted by Gasteiger charge is -2.16. The SMILES string of the molecule is C=C(NOCc1cccc(C)c1)c1ccc(Cl)c(CN(C)C(=O)O)c1. The van der Waals surface area contributed by atoms with Gasteiger partial charge in [0, 0.05) is 12.1 Å². The van der Waals surface area contributed by atoms with Crippen LogP contribution in [0.15, 0.2) is 49.0 Å². The summed E-state index contributed by atoms with van der Waals surface area (Å²) in [6.07, 6.45) is -1.01. The van der Waals surface area contributed by atoms with E-state index in [1.807, 2.05) is 31.2 Å². The number of aryl methyl sites for hydroxylation is 1. The van der Waals surface area contributed by atoms with Gasteiger partial charge in [0.1, 0.15) is 0 Å². The van der Waals surface area contributed by atoms with Gasteiger partial charge in [0.05, 0.1) is 18.8 Å². The van der Waals surface area contributed by atoms with Crippen LogP contribution in [0.3, 0.4) is 0 Å². The van der Waals surface area contributed by atoms with Crippen LogP contribution in [0, 0.1) is 6.92 Å². The molecule has 6 heteroatoms. The number of amides is 1. The summed E-state index contributed by atoms with van der Waals surface area (Å²) in [7, 11) is 1.49. The van der Waals surface area contributed by atoms with Gasteiger partial charge in [-0.05, 0) is 35.7 Å². The van der Waals surface area contributed by atoms with Gasteiger partial charge in [0.2, 0.25) is 0 Å². The second kappa shape index (κ2) is 8.55. The molecule has 0 aliphatic heterocycles. The zero-order valence-corrected chi connectivity index (χ0v) is 15.0. The minimum absolute atomic E-state index is 0.194. The predicted octanol–water partition coefficient (Wildman–Crippen LogP) is 4.45. The summed E-state index contributed by atoms with van der Waals surface area (Å²) >= 11 is 6.15. The lowest BCUT2D eigenvalue weighted by atomic mass is 10.1. The van der Waals surface area contributed by atoms with Gasteiger partial charge in [-0.1, -0.05) is 54.1 Å². The van der Waals surface area contributed by atoms with Crippen LogP contribution in [0.2, 0.25) is 5.02 Å². The second-order valence-electron chi connectivity index (χ2n) is 5.80. The molecule has 0 aliphatic carbocycles. The van der Waals surface area contributed by atoms with E-state index in [2.05, 4.69) is 12.1 Å². The smallest absolute Gasteiger partial charge is 0.407 e. The molecule has 25 heavy (non-hydrogen) atoms. The van der Waals surface area contributed by atoms with Crippen molar-refractivity contribution < 1.29 is 14.7 Å². The van der Waals surface area contributed by atoms with Gasteiger partial charge in [-0.15, -0.1) is 0 Å². The number of nitrogens with one attached hydrogen (secondary N) is 1. The molecule has 0 aliphatic rings. The summed E-state index contributed by atoms with van der Waals surface area (Å²) in [5, 5.41) is 9.49. The number of benzene rings is 2. The van der Waals surface area contributed by atoms with E-state index < -0.39 is 6.09 Å². The van der Waals surface area contributed by atoms with Crippen molar-refractivity contribution in [1.29, 1.82) is 0 Å². The van der Waals surface area contributed by atoms with E-state index in [1.54, 1.807) is 18.2 Å². The van der Waals surface area contributed by atoms with Crippen LogP contribution < -0.4 is 5.48 Å². The Hall–Kier alpha value is -2.50. The summed E-state index contributed by atoms with van der Waals surface area (Å²) in [5.74, 6) is 0. The van der Waals surface area contributed by atoms with Crippen LogP contribution in [-0.4, -0.2) is 23.1 Å². The molecule has 2 rings (SSSR count). The van der Waals surface area contributed by atoms with Crippen molar-refractivity contribution in [2.24, 2.45) is 0 Å². The fourth-order valence-electron chi connectivity index (χ4n) is 2.27. The first-order chi connectivity index (χ1) is 11.9. The van der Waals surface area contributed by atoms with Gasteiger partial charge in [0.25, 0.3) is 0 Å². The molecular formula is C19H21ClN2O3. The molecule has 0 spiro atoms. The van der Waals surface area contributed by atoms with Gasteiger partial charge in [-0.2, -0.15) is 0 Å². The molecule has 1 amide bonds. The molecule has 0 radical (unpaired) electrons. The fraction of sp³-hybridized carbons (Fsp3) is 0.211. The van der Waals surface area contributed by atoms with Gasteiger partial charge in [0.15, 0.2) is 0 Å². The number of halogens is 1. The minimum atomic E-state index is -1.01. The molecule has 0 unspecified atom stereocenters. The molecule has 5 nitrogen and oxygen atoms in total. The maximum absolute atomic E-state index is 11.0. The Morgan fingerprint density at radius 2 is 2.08 bits per heavy atom. The Kier molecular flexibility index (Phi) is 6.44. The molecule has 0 saturated heterocycles. The zero-order valence-electron chi connectivity index (χ0n) is 14.3. The van der Waals surface area contributed by atoms with Gasteiger partial charge < -0.3 is 10.0 Å². The maximum atomic E-state index is 11.0. The molecular weight excluding hydrogens is 340 g/mol. The van der Waals surface area contributed by atoms with Gasteiger partial charge in [-0.3, -0.25) is 10.3 Å². The van der Waals surface area contributed by atoms with Crippen molar-refractivity contribution in [2.75, 3.05) is 7.05 Å². The van der Waals surface area contributed by atoms with Crippen LogP contribution in [0.5, 0.6) is 0 Å². The fourth-order valence-corrected chi connectivity index (χ4v) is 2.45. The van der Waals surface area contributed by atoms with Gasteiger partial charge >= 0.3 is 6.09 Å². The third-order valence-corrected chi connectivity index (χ3v) is 4.01. The number of hydrogen-bond acceptors (Lipinski definition) is 3. The largest absolute Gasteiger partial charge is 0.465 e. The van der Waals surface area contributed by atoms with Crippen molar-refractivity contribution in [2.45, 2.75) is 20.1 Å². The van der Waals surface area contributed by atoms with Crippen LogP contribution >= 0.6 is 11.6 Å². The van der Waals surface area contributed by atoms with E-state index in [0.717, 1.165) is 16.0 Å². The highest BCUT2D eigenvalue weighted by Crippen LogP contribution is 2.22. The molecule has 2 aromatic rings. The van der Waals surface area contributed by atoms with E-state index >= 15 is 0 Å². The first-order valence-electron chi connectivity index (χ1n) is 7.72. The van der Waals surface area contributed by atoms with Crippen LogP contribution in [0.4, 0.5) is 4.79 Å². The highest BCUT2D eigenvalue weighted by molar-refractivity contribution is 6.31. The summed E-state index contributed by atoms with van der Waals surface area (Å²) in [4.78, 5) is 17.6. The molecule has 132 valence electrons. The Labute approximate surface area is 152 Å². The number of hydroxylamine groups is 1. The van der Waals surface area contributed by atoms with Crippen LogP contribution in [-0.2, 0) is 18.0 Å². The number of hydrogen-bond donors (Lipinski definition) is 2. The molecule has 0 heterocycles. The highest BCUT2D eigenvalue weighted by atomic mass is 35.5. The molecule has 0 fully saturated rings. The summed E-state index contributed by atoms with van der Waals surface area (Å²) in [6, 6.07) is 13.4. The highest BCUT2D eigenvalue weighted by Gasteiger charge is 2.11. The molecule has 0 bridgehead atoms. The van der Waals surface area contributed by atoms with E-state index in [0.29, 0.717) is 22.9 Å². The maximum Gasteiger partial charge on any atom is 0.407 e. The molecule has 0 atom stereocenters. The summed E-state index contributed by atoms with van der Waals surface area (Å²) in [5.41, 5.74) is 7.10. The Balaban J connectivity index is 1.98. The monoisotopic (exact) mass is 360 g/mol. The molecule has 2 aromatic carbocycles. The van der Waals surface area contributed by atoms with Crippen molar-refractivity contribution in [3.63, 3.8) is 0 Å². The van der Waals surface area contributed by atoms with E-state index in [-0.39, 0.29) is 6.54 Å². The number of carboxylic acid groups (broad SMARTS) is 1. The third-order valence-electron chi connectivity index (χ3n) is 3.64. The van der Waals surface area contributed by atoms with E-state index in [1.165, 1.54) is 12.6 Å². The zero-order chi connectivity index (χ0) is 18.4. The van der Waals surface area contributed by atoms with Crippen LogP contribution in [0.1, 0.15) is 22.3 Å². The van der Waals surface area contributed by atoms with E-state index in [4.69, 9.17) is 21.5 Å². The summed E-state index contributed by atoms with van der Waals surface area (Å²) < 4.78 is 0. The topological polar surface area (TPSA) is 61.8 Å². The number of carbonyl (C=O) groups is 1. The normalized spacial score (nSPS) is 10.4. The lowest BCUT2D eigenvalue weighted by Crippen LogP contribution is -2.24. The first kappa shape index (κ1) is 18.8. The number of rotatable bonds is 7. The van der Waals surface area contributed by atoms with E-state index in [9.17, 15) is 4.79 Å². The van der Waals surface area contributed by atoms with Crippen molar-refractivity contribution >= 4 is 23.4 Å². The van der Waals surface area contributed by atoms with Gasteiger partial charge in [-0.25, -0.2) is 4.79 Å². The van der Waals surface area contributed by atoms with Crippen LogP contribution in [0.25, 0.3) is 5.70 Å². The lowest BCUT2D eigenvalue weighted by molar-refractivity contribution is 0.0648. The average molecular weight is 361 g/mol. The number of nitrogens with zero attached hydrogens (tertiary/aromatic N) is 1.